The monoisotopic (exact) mass is 554 g/mol. The number of ketones is 1. The van der Waals surface area contributed by atoms with Crippen molar-refractivity contribution in [3.8, 4) is 0 Å². The Morgan fingerprint density at radius 1 is 1.00 bits per heavy atom. The summed E-state index contributed by atoms with van der Waals surface area (Å²) in [6.07, 6.45) is 5.57. The van der Waals surface area contributed by atoms with Gasteiger partial charge in [-0.1, -0.05) is 54.1 Å². The topological polar surface area (TPSA) is 95.2 Å². The van der Waals surface area contributed by atoms with Gasteiger partial charge < -0.3 is 10.1 Å². The van der Waals surface area contributed by atoms with Crippen LogP contribution < -0.4 is 5.32 Å². The van der Waals surface area contributed by atoms with E-state index < -0.39 is 0 Å². The molecular weight excluding hydrogens is 516 g/mol. The number of allylic oxidation sites excluding steroid dienone is 2. The second kappa shape index (κ2) is 13.7. The van der Waals surface area contributed by atoms with E-state index in [4.69, 9.17) is 4.74 Å². The van der Waals surface area contributed by atoms with Gasteiger partial charge in [0.25, 0.3) is 5.91 Å². The molecule has 8 nitrogen and oxygen atoms in total. The molecule has 0 radical (unpaired) electrons. The van der Waals surface area contributed by atoms with E-state index in [0.717, 1.165) is 16.5 Å². The molecule has 1 amide bonds. The number of carbonyl (C=O) groups excluding carboxylic acids is 3. The maximum absolute atomic E-state index is 13.2. The van der Waals surface area contributed by atoms with Crippen molar-refractivity contribution in [3.05, 3.63) is 102 Å². The number of amides is 1. The summed E-state index contributed by atoms with van der Waals surface area (Å²) in [5.74, 6) is -0.616. The highest BCUT2D eigenvalue weighted by atomic mass is 16.5. The zero-order valence-electron chi connectivity index (χ0n) is 24.8. The van der Waals surface area contributed by atoms with E-state index in [-0.39, 0.29) is 22.9 Å². The fourth-order valence-electron chi connectivity index (χ4n) is 3.92. The summed E-state index contributed by atoms with van der Waals surface area (Å²) >= 11 is 0. The number of anilines is 1. The predicted molar refractivity (Wildman–Crippen MR) is 164 cm³/mol. The van der Waals surface area contributed by atoms with Gasteiger partial charge in [-0.05, 0) is 65.3 Å². The molecule has 0 fully saturated rings. The van der Waals surface area contributed by atoms with Crippen LogP contribution in [-0.4, -0.2) is 45.2 Å². The van der Waals surface area contributed by atoms with Gasteiger partial charge in [-0.3, -0.25) is 23.6 Å². The van der Waals surface area contributed by atoms with Gasteiger partial charge in [0.15, 0.2) is 5.78 Å². The van der Waals surface area contributed by atoms with E-state index in [9.17, 15) is 14.4 Å². The number of nitrogens with zero attached hydrogens (tertiary/aromatic N) is 3. The highest BCUT2D eigenvalue weighted by Crippen LogP contribution is 2.27. The summed E-state index contributed by atoms with van der Waals surface area (Å²) in [5, 5.41) is 8.02. The zero-order valence-corrected chi connectivity index (χ0v) is 24.8. The molecule has 2 aromatic carbocycles. The van der Waals surface area contributed by atoms with E-state index in [1.165, 1.54) is 11.5 Å². The Labute approximate surface area is 241 Å². The number of methoxy groups -OCH3 is 1. The lowest BCUT2D eigenvalue weighted by molar-refractivity contribution is -0.112. The summed E-state index contributed by atoms with van der Waals surface area (Å²) in [7, 11) is 1.71. The molecule has 0 aliphatic heterocycles. The lowest BCUT2D eigenvalue weighted by atomic mass is 10.0. The minimum Gasteiger partial charge on any atom is -0.379 e. The van der Waals surface area contributed by atoms with Crippen LogP contribution in [0.4, 0.5) is 5.69 Å². The standard InChI is InChI=1S/C28H26N4O3.C5H12O/c1-19(2)24(28(35)30-23-15-29-31(17-23)16-21-9-5-4-6-10-21)14-25(20(3)34)27-13-22-11-7-8-12-26(22)32(27)18-33;1-5(2,3)6-4/h4-15,17-18H,16H2,1-3H3,(H,30,35);1-4H3/b25-14+;. The van der Waals surface area contributed by atoms with E-state index in [0.29, 0.717) is 35.4 Å². The average molecular weight is 555 g/mol. The molecule has 4 aromatic rings. The van der Waals surface area contributed by atoms with Gasteiger partial charge >= 0.3 is 0 Å². The predicted octanol–water partition coefficient (Wildman–Crippen LogP) is 6.30. The number of carbonyl (C=O) groups is 3. The molecule has 41 heavy (non-hydrogen) atoms. The van der Waals surface area contributed by atoms with Crippen LogP contribution in [0, 0.1) is 0 Å². The summed E-state index contributed by atoms with van der Waals surface area (Å²) in [6.45, 7) is 11.7. The van der Waals surface area contributed by atoms with Crippen molar-refractivity contribution in [2.45, 2.75) is 53.7 Å². The van der Waals surface area contributed by atoms with Crippen LogP contribution in [0.25, 0.3) is 16.5 Å². The van der Waals surface area contributed by atoms with E-state index in [1.54, 1.807) is 50.2 Å². The first-order valence-corrected chi connectivity index (χ1v) is 13.3. The van der Waals surface area contributed by atoms with Crippen LogP contribution in [0.3, 0.4) is 0 Å². The van der Waals surface area contributed by atoms with Crippen molar-refractivity contribution in [3.63, 3.8) is 0 Å². The van der Waals surface area contributed by atoms with E-state index >= 15 is 0 Å². The summed E-state index contributed by atoms with van der Waals surface area (Å²) in [4.78, 5) is 37.7. The molecule has 0 saturated carbocycles. The van der Waals surface area contributed by atoms with Crippen molar-refractivity contribution in [2.75, 3.05) is 12.4 Å². The SMILES string of the molecule is CC(=O)/C(=C\C(C(=O)Nc1cnn(Cc2ccccc2)c1)=C(C)C)c1cc2ccccc2n1C=O.COC(C)(C)C. The number of nitrogens with one attached hydrogen (secondary N) is 1. The molecule has 4 rings (SSSR count). The Bertz CT molecular complexity index is 1580. The van der Waals surface area contributed by atoms with Crippen molar-refractivity contribution in [2.24, 2.45) is 0 Å². The maximum atomic E-state index is 13.2. The molecule has 2 heterocycles. The van der Waals surface area contributed by atoms with E-state index in [1.807, 2.05) is 75.4 Å². The van der Waals surface area contributed by atoms with Gasteiger partial charge in [0.1, 0.15) is 0 Å². The van der Waals surface area contributed by atoms with Crippen molar-refractivity contribution in [1.29, 1.82) is 0 Å². The normalized spacial score (nSPS) is 11.4. The first-order chi connectivity index (χ1) is 19.4. The zero-order chi connectivity index (χ0) is 30.2. The Balaban J connectivity index is 0.000000696. The molecule has 1 N–H and O–H groups in total. The van der Waals surface area contributed by atoms with Gasteiger partial charge in [0.2, 0.25) is 6.41 Å². The van der Waals surface area contributed by atoms with Crippen LogP contribution in [0.1, 0.15) is 52.8 Å². The fourth-order valence-corrected chi connectivity index (χ4v) is 3.92. The Morgan fingerprint density at radius 2 is 1.63 bits per heavy atom. The van der Waals surface area contributed by atoms with Crippen molar-refractivity contribution < 1.29 is 19.1 Å². The van der Waals surface area contributed by atoms with Gasteiger partial charge in [0, 0.05) is 29.8 Å². The van der Waals surface area contributed by atoms with Crippen LogP contribution in [0.5, 0.6) is 0 Å². The lowest BCUT2D eigenvalue weighted by Crippen LogP contribution is -2.15. The first kappa shape index (κ1) is 31.0. The lowest BCUT2D eigenvalue weighted by Gasteiger charge is -2.14. The third kappa shape index (κ3) is 8.46. The number of benzene rings is 2. The van der Waals surface area contributed by atoms with Crippen LogP contribution in [0.15, 0.2) is 90.3 Å². The number of para-hydroxylation sites is 1. The minimum atomic E-state index is -0.364. The summed E-state index contributed by atoms with van der Waals surface area (Å²) in [5.41, 5.74) is 4.16. The third-order valence-corrected chi connectivity index (χ3v) is 6.27. The molecule has 214 valence electrons. The van der Waals surface area contributed by atoms with Gasteiger partial charge in [-0.25, -0.2) is 0 Å². The number of fused-ring (bicyclic) bond motifs is 1. The minimum absolute atomic E-state index is 0.0417. The van der Waals surface area contributed by atoms with Crippen LogP contribution in [-0.2, 0) is 25.7 Å². The number of aromatic nitrogens is 3. The summed E-state index contributed by atoms with van der Waals surface area (Å²) < 4.78 is 8.11. The molecule has 8 heteroatoms. The number of hydrogen-bond donors (Lipinski definition) is 1. The number of rotatable bonds is 8. The quantitative estimate of drug-likeness (QED) is 0.157. The number of hydrogen-bond acceptors (Lipinski definition) is 5. The maximum Gasteiger partial charge on any atom is 0.255 e. The molecular formula is C33H38N4O4. The molecule has 0 aliphatic rings. The van der Waals surface area contributed by atoms with Gasteiger partial charge in [-0.2, -0.15) is 5.10 Å². The second-order valence-corrected chi connectivity index (χ2v) is 10.8. The molecule has 0 spiro atoms. The summed E-state index contributed by atoms with van der Waals surface area (Å²) in [6, 6.07) is 19.1. The number of Topliss-reactive ketones (excluding diaryl/α,β-unsaturated/α-hetero) is 1. The highest BCUT2D eigenvalue weighted by molar-refractivity contribution is 6.23. The molecule has 2 aromatic heterocycles. The molecule has 0 unspecified atom stereocenters. The molecule has 0 bridgehead atoms. The number of ether oxygens (including phenoxy) is 1. The largest absolute Gasteiger partial charge is 0.379 e. The average Bonchev–Trinajstić information content (AvgIpc) is 3.52. The first-order valence-electron chi connectivity index (χ1n) is 13.3. The Morgan fingerprint density at radius 3 is 2.22 bits per heavy atom. The molecule has 0 aliphatic carbocycles. The second-order valence-electron chi connectivity index (χ2n) is 10.8. The van der Waals surface area contributed by atoms with Crippen molar-refractivity contribution in [1.82, 2.24) is 14.3 Å². The van der Waals surface area contributed by atoms with E-state index in [2.05, 4.69) is 10.4 Å². The highest BCUT2D eigenvalue weighted by Gasteiger charge is 2.19. The Kier molecular flexibility index (Phi) is 10.3. The molecule has 0 atom stereocenters. The van der Waals surface area contributed by atoms with Crippen molar-refractivity contribution >= 4 is 40.3 Å². The fraction of sp³-hybridized carbons (Fsp3) is 0.273. The molecule has 0 saturated heterocycles. The van der Waals surface area contributed by atoms with Crippen LogP contribution in [0.2, 0.25) is 0 Å². The van der Waals surface area contributed by atoms with Crippen LogP contribution >= 0.6 is 0 Å². The van der Waals surface area contributed by atoms with Gasteiger partial charge in [0.05, 0.1) is 35.2 Å². The van der Waals surface area contributed by atoms with Gasteiger partial charge in [-0.15, -0.1) is 0 Å². The Hall–Kier alpha value is -4.56. The smallest absolute Gasteiger partial charge is 0.255 e. The third-order valence-electron chi connectivity index (χ3n) is 6.27.